The molecule has 0 aliphatic carbocycles. The van der Waals surface area contributed by atoms with E-state index in [4.69, 9.17) is 9.47 Å². The van der Waals surface area contributed by atoms with Gasteiger partial charge in [-0.05, 0) is 19.9 Å². The van der Waals surface area contributed by atoms with Crippen molar-refractivity contribution in [2.24, 2.45) is 4.99 Å². The summed E-state index contributed by atoms with van der Waals surface area (Å²) in [6, 6.07) is 3.77. The SMILES string of the molecule is COc1cc2c(cc1OC)NC(C)=CC(C)=N2. The fourth-order valence-electron chi connectivity index (χ4n) is 1.84. The molecule has 17 heavy (non-hydrogen) atoms. The molecular weight excluding hydrogens is 216 g/mol. The topological polar surface area (TPSA) is 42.9 Å². The van der Waals surface area contributed by atoms with Gasteiger partial charge in [0.1, 0.15) is 0 Å². The molecule has 0 saturated carbocycles. The molecule has 0 atom stereocenters. The van der Waals surface area contributed by atoms with E-state index in [0.717, 1.165) is 22.8 Å². The maximum atomic E-state index is 5.27. The van der Waals surface area contributed by atoms with Crippen LogP contribution in [0.15, 0.2) is 28.9 Å². The molecule has 4 heteroatoms. The highest BCUT2D eigenvalue weighted by Crippen LogP contribution is 2.39. The number of benzene rings is 1. The number of hydrogen-bond acceptors (Lipinski definition) is 4. The van der Waals surface area contributed by atoms with Crippen LogP contribution in [0.3, 0.4) is 0 Å². The Labute approximate surface area is 101 Å². The summed E-state index contributed by atoms with van der Waals surface area (Å²) < 4.78 is 10.5. The second-order valence-corrected chi connectivity index (χ2v) is 3.93. The summed E-state index contributed by atoms with van der Waals surface area (Å²) >= 11 is 0. The fraction of sp³-hybridized carbons (Fsp3) is 0.308. The van der Waals surface area contributed by atoms with Crippen LogP contribution in [0.5, 0.6) is 11.5 Å². The van der Waals surface area contributed by atoms with Crippen LogP contribution in [0.25, 0.3) is 0 Å². The molecular formula is C13H16N2O2. The number of aliphatic imine (C=N–C) groups is 1. The Kier molecular flexibility index (Phi) is 3.04. The average Bonchev–Trinajstić information content (AvgIpc) is 2.43. The van der Waals surface area contributed by atoms with E-state index in [1.54, 1.807) is 14.2 Å². The zero-order valence-electron chi connectivity index (χ0n) is 10.5. The standard InChI is InChI=1S/C13H16N2O2/c1-8-5-9(2)15-11-7-13(17-4)12(16-3)6-10(11)14-8/h5-7,14H,1-4H3. The zero-order chi connectivity index (χ0) is 12.4. The number of methoxy groups -OCH3 is 2. The Balaban J connectivity index is 2.57. The predicted octanol–water partition coefficient (Wildman–Crippen LogP) is 3.13. The van der Waals surface area contributed by atoms with Crippen molar-refractivity contribution in [2.75, 3.05) is 19.5 Å². The van der Waals surface area contributed by atoms with Crippen LogP contribution in [-0.2, 0) is 0 Å². The summed E-state index contributed by atoms with van der Waals surface area (Å²) in [7, 11) is 3.24. The van der Waals surface area contributed by atoms with Gasteiger partial charge in [0.2, 0.25) is 0 Å². The molecule has 0 unspecified atom stereocenters. The first-order valence-electron chi connectivity index (χ1n) is 5.40. The Morgan fingerprint density at radius 1 is 1.06 bits per heavy atom. The van der Waals surface area contributed by atoms with Crippen LogP contribution >= 0.6 is 0 Å². The molecule has 4 nitrogen and oxygen atoms in total. The molecule has 0 radical (unpaired) electrons. The van der Waals surface area contributed by atoms with Crippen molar-refractivity contribution in [3.63, 3.8) is 0 Å². The molecule has 1 N–H and O–H groups in total. The highest BCUT2D eigenvalue weighted by molar-refractivity contribution is 5.98. The lowest BCUT2D eigenvalue weighted by Crippen LogP contribution is -1.97. The van der Waals surface area contributed by atoms with E-state index in [2.05, 4.69) is 10.3 Å². The van der Waals surface area contributed by atoms with Gasteiger partial charge in [-0.25, -0.2) is 0 Å². The number of fused-ring (bicyclic) bond motifs is 1. The molecule has 0 fully saturated rings. The second kappa shape index (κ2) is 4.49. The number of ether oxygens (including phenoxy) is 2. The van der Waals surface area contributed by atoms with Gasteiger partial charge in [0.25, 0.3) is 0 Å². The van der Waals surface area contributed by atoms with Crippen molar-refractivity contribution in [3.05, 3.63) is 23.9 Å². The molecule has 0 spiro atoms. The summed E-state index contributed by atoms with van der Waals surface area (Å²) in [4.78, 5) is 4.52. The van der Waals surface area contributed by atoms with Crippen molar-refractivity contribution in [1.29, 1.82) is 0 Å². The lowest BCUT2D eigenvalue weighted by atomic mass is 10.2. The first-order chi connectivity index (χ1) is 8.13. The van der Waals surface area contributed by atoms with Crippen LogP contribution in [0.2, 0.25) is 0 Å². The highest BCUT2D eigenvalue weighted by Gasteiger charge is 2.13. The van der Waals surface area contributed by atoms with Crippen LogP contribution in [0, 0.1) is 0 Å². The Morgan fingerprint density at radius 3 is 2.35 bits per heavy atom. The maximum absolute atomic E-state index is 5.27. The molecule has 0 aromatic heterocycles. The first kappa shape index (κ1) is 11.5. The first-order valence-corrected chi connectivity index (χ1v) is 5.40. The van der Waals surface area contributed by atoms with Gasteiger partial charge < -0.3 is 14.8 Å². The fourth-order valence-corrected chi connectivity index (χ4v) is 1.84. The summed E-state index contributed by atoms with van der Waals surface area (Å²) in [6.07, 6.45) is 2.00. The largest absolute Gasteiger partial charge is 0.493 e. The van der Waals surface area contributed by atoms with E-state index < -0.39 is 0 Å². The molecule has 90 valence electrons. The molecule has 1 heterocycles. The second-order valence-electron chi connectivity index (χ2n) is 3.93. The molecule has 1 aromatic rings. The van der Waals surface area contributed by atoms with Crippen molar-refractivity contribution in [1.82, 2.24) is 0 Å². The third kappa shape index (κ3) is 2.25. The van der Waals surface area contributed by atoms with Crippen LogP contribution in [-0.4, -0.2) is 19.9 Å². The summed E-state index contributed by atoms with van der Waals surface area (Å²) in [6.45, 7) is 3.97. The number of hydrogen-bond donors (Lipinski definition) is 1. The minimum absolute atomic E-state index is 0.684. The van der Waals surface area contributed by atoms with E-state index in [-0.39, 0.29) is 0 Å². The molecule has 1 aromatic carbocycles. The average molecular weight is 232 g/mol. The quantitative estimate of drug-likeness (QED) is 0.851. The van der Waals surface area contributed by atoms with Gasteiger partial charge in [-0.3, -0.25) is 4.99 Å². The van der Waals surface area contributed by atoms with E-state index >= 15 is 0 Å². The number of rotatable bonds is 2. The Bertz CT molecular complexity index is 504. The minimum atomic E-state index is 0.684. The van der Waals surface area contributed by atoms with Crippen LogP contribution in [0.4, 0.5) is 11.4 Å². The van der Waals surface area contributed by atoms with Crippen molar-refractivity contribution in [2.45, 2.75) is 13.8 Å². The monoisotopic (exact) mass is 232 g/mol. The third-order valence-corrected chi connectivity index (χ3v) is 2.56. The number of anilines is 1. The van der Waals surface area contributed by atoms with Gasteiger partial charge in [0.15, 0.2) is 11.5 Å². The third-order valence-electron chi connectivity index (χ3n) is 2.56. The molecule has 0 saturated heterocycles. The number of nitrogens with one attached hydrogen (secondary N) is 1. The molecule has 0 bridgehead atoms. The lowest BCUT2D eigenvalue weighted by Gasteiger charge is -2.12. The maximum Gasteiger partial charge on any atom is 0.163 e. The predicted molar refractivity (Wildman–Crippen MR) is 69.7 cm³/mol. The van der Waals surface area contributed by atoms with E-state index in [1.165, 1.54) is 0 Å². The van der Waals surface area contributed by atoms with Gasteiger partial charge >= 0.3 is 0 Å². The normalized spacial score (nSPS) is 13.9. The van der Waals surface area contributed by atoms with Gasteiger partial charge in [-0.2, -0.15) is 0 Å². The molecule has 2 rings (SSSR count). The van der Waals surface area contributed by atoms with Gasteiger partial charge in [-0.1, -0.05) is 0 Å². The summed E-state index contributed by atoms with van der Waals surface area (Å²) in [5.74, 6) is 1.38. The van der Waals surface area contributed by atoms with E-state index in [9.17, 15) is 0 Å². The van der Waals surface area contributed by atoms with Crippen molar-refractivity contribution in [3.8, 4) is 11.5 Å². The lowest BCUT2D eigenvalue weighted by molar-refractivity contribution is 0.355. The molecule has 1 aliphatic rings. The van der Waals surface area contributed by atoms with Gasteiger partial charge in [-0.15, -0.1) is 0 Å². The molecule has 0 amide bonds. The Hall–Kier alpha value is -1.97. The Morgan fingerprint density at radius 2 is 1.71 bits per heavy atom. The van der Waals surface area contributed by atoms with Gasteiger partial charge in [0.05, 0.1) is 25.6 Å². The van der Waals surface area contributed by atoms with E-state index in [1.807, 2.05) is 32.1 Å². The van der Waals surface area contributed by atoms with Crippen molar-refractivity contribution >= 4 is 17.1 Å². The minimum Gasteiger partial charge on any atom is -0.493 e. The van der Waals surface area contributed by atoms with E-state index in [0.29, 0.717) is 11.5 Å². The number of allylic oxidation sites excluding steroid dienone is 2. The smallest absolute Gasteiger partial charge is 0.163 e. The summed E-state index contributed by atoms with van der Waals surface area (Å²) in [5, 5.41) is 3.29. The highest BCUT2D eigenvalue weighted by atomic mass is 16.5. The number of nitrogens with zero attached hydrogens (tertiary/aromatic N) is 1. The van der Waals surface area contributed by atoms with Crippen LogP contribution in [0.1, 0.15) is 13.8 Å². The summed E-state index contributed by atoms with van der Waals surface area (Å²) in [5.41, 5.74) is 3.79. The molecule has 1 aliphatic heterocycles. The van der Waals surface area contributed by atoms with Crippen LogP contribution < -0.4 is 14.8 Å². The van der Waals surface area contributed by atoms with Gasteiger partial charge in [0, 0.05) is 23.5 Å². The van der Waals surface area contributed by atoms with Crippen molar-refractivity contribution < 1.29 is 9.47 Å². The zero-order valence-corrected chi connectivity index (χ0v) is 10.5.